The van der Waals surface area contributed by atoms with Crippen molar-refractivity contribution < 1.29 is 42.9 Å². The molecule has 424 valence electrons. The van der Waals surface area contributed by atoms with Gasteiger partial charge < -0.3 is 33.3 Å². The van der Waals surface area contributed by atoms with Crippen LogP contribution in [-0.4, -0.2) is 82.3 Å². The van der Waals surface area contributed by atoms with Gasteiger partial charge in [-0.15, -0.1) is 0 Å². The Morgan fingerprint density at radius 1 is 0.419 bits per heavy atom. The molecule has 2 unspecified atom stereocenters. The lowest BCUT2D eigenvalue weighted by Crippen LogP contribution is -2.44. The third-order valence-electron chi connectivity index (χ3n) is 12.5. The summed E-state index contributed by atoms with van der Waals surface area (Å²) in [5, 5.41) is 11.7. The predicted octanol–water partition coefficient (Wildman–Crippen LogP) is 16.4. The van der Waals surface area contributed by atoms with Gasteiger partial charge in [-0.05, 0) is 89.9 Å². The number of hydrogen-bond donors (Lipinski definition) is 0. The van der Waals surface area contributed by atoms with E-state index in [1.807, 2.05) is 21.1 Å². The standard InChI is InChI=1S/C65H111NO8/c1-6-8-10-12-14-16-18-19-20-21-22-23-24-25-26-27-28-29-30-31-32-33-34-35-36-37-38-39-40-41-42-43-44-45-46-48-50-52-54-56-63(68)74-61(60-73-65(64(69)70)71-58-57-66(3,4)5)59-72-62(67)55-53-51-49-47-17-15-13-11-9-7-2/h8,10-11,13-14,16,19-20,22-23,25-26,28-29,31-32,61,65H,6-7,9,12,15,17-18,21,24,27,30,33-60H2,1-5H3/b10-8-,13-11-,16-14-,20-19-,23-22-,26-25-,29-28-,32-31-. The maximum Gasteiger partial charge on any atom is 0.306 e. The minimum atomic E-state index is -1.62. The molecule has 0 spiro atoms. The number of hydrogen-bond acceptors (Lipinski definition) is 8. The number of ether oxygens (including phenoxy) is 4. The molecule has 0 bridgehead atoms. The van der Waals surface area contributed by atoms with Crippen LogP contribution in [0.5, 0.6) is 0 Å². The second-order valence-corrected chi connectivity index (χ2v) is 20.9. The van der Waals surface area contributed by atoms with Crippen molar-refractivity contribution in [1.29, 1.82) is 0 Å². The topological polar surface area (TPSA) is 111 Å². The molecular formula is C65H111NO8. The van der Waals surface area contributed by atoms with E-state index in [1.165, 1.54) is 96.3 Å². The Hall–Kier alpha value is -3.79. The number of carboxylic acids is 1. The molecule has 0 aromatic heterocycles. The molecule has 0 saturated carbocycles. The number of unbranched alkanes of at least 4 members (excludes halogenated alkanes) is 23. The monoisotopic (exact) mass is 1030 g/mol. The number of aliphatic carboxylic acids is 1. The van der Waals surface area contributed by atoms with Crippen molar-refractivity contribution in [2.24, 2.45) is 0 Å². The van der Waals surface area contributed by atoms with Crippen LogP contribution in [-0.2, 0) is 33.3 Å². The largest absolute Gasteiger partial charge is 0.545 e. The highest BCUT2D eigenvalue weighted by Crippen LogP contribution is 2.16. The van der Waals surface area contributed by atoms with Gasteiger partial charge in [0.1, 0.15) is 13.2 Å². The van der Waals surface area contributed by atoms with Crippen LogP contribution in [0.3, 0.4) is 0 Å². The van der Waals surface area contributed by atoms with Crippen molar-refractivity contribution >= 4 is 17.9 Å². The minimum absolute atomic E-state index is 0.144. The lowest BCUT2D eigenvalue weighted by molar-refractivity contribution is -0.870. The van der Waals surface area contributed by atoms with Gasteiger partial charge in [0.15, 0.2) is 12.4 Å². The van der Waals surface area contributed by atoms with Crippen LogP contribution in [0.15, 0.2) is 97.2 Å². The molecule has 0 aliphatic carbocycles. The van der Waals surface area contributed by atoms with Crippen molar-refractivity contribution in [2.45, 2.75) is 251 Å². The normalized spacial score (nSPS) is 13.5. The average Bonchev–Trinajstić information content (AvgIpc) is 3.37. The summed E-state index contributed by atoms with van der Waals surface area (Å²) < 4.78 is 22.6. The summed E-state index contributed by atoms with van der Waals surface area (Å²) in [7, 11) is 5.91. The zero-order valence-electron chi connectivity index (χ0n) is 48.2. The summed E-state index contributed by atoms with van der Waals surface area (Å²) >= 11 is 0. The first-order chi connectivity index (χ1) is 36.1. The number of rotatable bonds is 54. The molecule has 74 heavy (non-hydrogen) atoms. The molecule has 0 N–H and O–H groups in total. The van der Waals surface area contributed by atoms with Gasteiger partial charge in [0.2, 0.25) is 0 Å². The fourth-order valence-corrected chi connectivity index (χ4v) is 7.99. The Bertz CT molecular complexity index is 1530. The first kappa shape index (κ1) is 70.2. The van der Waals surface area contributed by atoms with Crippen LogP contribution in [0.2, 0.25) is 0 Å². The third-order valence-corrected chi connectivity index (χ3v) is 12.5. The second kappa shape index (κ2) is 55.4. The highest BCUT2D eigenvalue weighted by Gasteiger charge is 2.22. The van der Waals surface area contributed by atoms with E-state index < -0.39 is 24.3 Å². The molecule has 2 atom stereocenters. The van der Waals surface area contributed by atoms with Gasteiger partial charge in [0.05, 0.1) is 40.3 Å². The van der Waals surface area contributed by atoms with Crippen LogP contribution < -0.4 is 5.11 Å². The average molecular weight is 1030 g/mol. The Labute approximate surface area is 454 Å². The Morgan fingerprint density at radius 3 is 1.16 bits per heavy atom. The molecule has 0 saturated heterocycles. The number of carboxylic acid groups (broad SMARTS) is 1. The van der Waals surface area contributed by atoms with Gasteiger partial charge in [-0.3, -0.25) is 9.59 Å². The highest BCUT2D eigenvalue weighted by molar-refractivity contribution is 5.70. The SMILES string of the molecule is CC/C=C\C/C=C\C/C=C\C/C=C\C/C=C\C/C=C\C/C=C\CCCCCCCCCCCCCCCCCCCC(=O)OC(COC(=O)CCCCCCC/C=C\CCC)COC(OCC[N+](C)(C)C)C(=O)[O-]. The van der Waals surface area contributed by atoms with Crippen LogP contribution >= 0.6 is 0 Å². The van der Waals surface area contributed by atoms with E-state index in [-0.39, 0.29) is 38.6 Å². The number of allylic oxidation sites excluding steroid dienone is 16. The zero-order valence-corrected chi connectivity index (χ0v) is 48.2. The van der Waals surface area contributed by atoms with Crippen molar-refractivity contribution in [3.05, 3.63) is 97.2 Å². The maximum absolute atomic E-state index is 12.8. The van der Waals surface area contributed by atoms with Gasteiger partial charge >= 0.3 is 11.9 Å². The van der Waals surface area contributed by atoms with E-state index in [0.29, 0.717) is 17.4 Å². The fraction of sp³-hybridized carbons (Fsp3) is 0.708. The van der Waals surface area contributed by atoms with Crippen molar-refractivity contribution in [1.82, 2.24) is 0 Å². The molecule has 0 amide bonds. The fourth-order valence-electron chi connectivity index (χ4n) is 7.99. The number of carbonyl (C=O) groups is 3. The molecule has 0 aliphatic rings. The molecule has 0 aliphatic heterocycles. The van der Waals surface area contributed by atoms with E-state index >= 15 is 0 Å². The lowest BCUT2D eigenvalue weighted by Gasteiger charge is -2.26. The summed E-state index contributed by atoms with van der Waals surface area (Å²) in [4.78, 5) is 37.1. The molecule has 0 rings (SSSR count). The molecule has 0 radical (unpaired) electrons. The molecule has 0 aromatic rings. The first-order valence-corrected chi connectivity index (χ1v) is 29.9. The van der Waals surface area contributed by atoms with Crippen molar-refractivity contribution in [2.75, 3.05) is 47.5 Å². The third kappa shape index (κ3) is 55.9. The molecule has 9 nitrogen and oxygen atoms in total. The van der Waals surface area contributed by atoms with E-state index in [1.54, 1.807) is 0 Å². The van der Waals surface area contributed by atoms with E-state index in [9.17, 15) is 19.5 Å². The quantitative estimate of drug-likeness (QED) is 0.0195. The van der Waals surface area contributed by atoms with Gasteiger partial charge in [0.25, 0.3) is 0 Å². The highest BCUT2D eigenvalue weighted by atomic mass is 16.7. The zero-order chi connectivity index (χ0) is 54.1. The van der Waals surface area contributed by atoms with E-state index in [0.717, 1.165) is 109 Å². The molecular weight excluding hydrogens is 923 g/mol. The molecule has 0 fully saturated rings. The van der Waals surface area contributed by atoms with Crippen molar-refractivity contribution in [3.8, 4) is 0 Å². The van der Waals surface area contributed by atoms with Gasteiger partial charge in [-0.2, -0.15) is 0 Å². The summed E-state index contributed by atoms with van der Waals surface area (Å²) in [6.45, 7) is 4.55. The van der Waals surface area contributed by atoms with E-state index in [4.69, 9.17) is 18.9 Å². The van der Waals surface area contributed by atoms with Crippen LogP contribution in [0.1, 0.15) is 239 Å². The molecule has 9 heteroatoms. The summed E-state index contributed by atoms with van der Waals surface area (Å²) in [6.07, 6.45) is 72.1. The maximum atomic E-state index is 12.8. The van der Waals surface area contributed by atoms with Gasteiger partial charge in [0, 0.05) is 12.8 Å². The lowest BCUT2D eigenvalue weighted by atomic mass is 10.0. The number of likely N-dealkylation sites (N-methyl/N-ethyl adjacent to an activating group) is 1. The smallest absolute Gasteiger partial charge is 0.306 e. The van der Waals surface area contributed by atoms with Crippen molar-refractivity contribution in [3.63, 3.8) is 0 Å². The Kier molecular flexibility index (Phi) is 52.6. The summed E-state index contributed by atoms with van der Waals surface area (Å²) in [6, 6.07) is 0. The number of esters is 2. The number of carbonyl (C=O) groups excluding carboxylic acids is 3. The van der Waals surface area contributed by atoms with Crippen LogP contribution in [0, 0.1) is 0 Å². The minimum Gasteiger partial charge on any atom is -0.545 e. The number of nitrogens with zero attached hydrogens (tertiary/aromatic N) is 1. The van der Waals surface area contributed by atoms with Gasteiger partial charge in [-0.1, -0.05) is 233 Å². The Balaban J connectivity index is 3.99. The van der Waals surface area contributed by atoms with Crippen LogP contribution in [0.25, 0.3) is 0 Å². The molecule has 0 aromatic carbocycles. The van der Waals surface area contributed by atoms with Gasteiger partial charge in [-0.25, -0.2) is 0 Å². The Morgan fingerprint density at radius 2 is 0.770 bits per heavy atom. The number of quaternary nitrogens is 1. The van der Waals surface area contributed by atoms with E-state index in [2.05, 4.69) is 111 Å². The molecule has 0 heterocycles. The summed E-state index contributed by atoms with van der Waals surface area (Å²) in [5.74, 6) is -2.30. The first-order valence-electron chi connectivity index (χ1n) is 29.9. The summed E-state index contributed by atoms with van der Waals surface area (Å²) in [5.41, 5.74) is 0. The second-order valence-electron chi connectivity index (χ2n) is 20.9. The van der Waals surface area contributed by atoms with Crippen LogP contribution in [0.4, 0.5) is 0 Å². The predicted molar refractivity (Wildman–Crippen MR) is 311 cm³/mol.